The molecule has 0 radical (unpaired) electrons. The average molecular weight is 349 g/mol. The SMILES string of the molecule is O=C(c1ccccc1)c1ccccc1[N+](=O)[O-].OCCSCCO. The number of nitrogens with zero attached hydrogens (tertiary/aromatic N) is 1. The quantitative estimate of drug-likeness (QED) is 0.345. The maximum absolute atomic E-state index is 12.1. The highest BCUT2D eigenvalue weighted by atomic mass is 32.2. The molecule has 0 fully saturated rings. The van der Waals surface area contributed by atoms with Crippen LogP contribution < -0.4 is 0 Å². The first-order valence-corrected chi connectivity index (χ1v) is 8.40. The van der Waals surface area contributed by atoms with Crippen molar-refractivity contribution in [3.8, 4) is 0 Å². The van der Waals surface area contributed by atoms with Crippen LogP contribution in [0.5, 0.6) is 0 Å². The van der Waals surface area contributed by atoms with Crippen LogP contribution in [0.4, 0.5) is 5.69 Å². The number of para-hydroxylation sites is 1. The van der Waals surface area contributed by atoms with E-state index < -0.39 is 4.92 Å². The predicted molar refractivity (Wildman–Crippen MR) is 94.5 cm³/mol. The number of carbonyl (C=O) groups excluding carboxylic acids is 1. The summed E-state index contributed by atoms with van der Waals surface area (Å²) in [4.78, 5) is 22.3. The predicted octanol–water partition coefficient (Wildman–Crippen LogP) is 2.53. The molecule has 0 amide bonds. The van der Waals surface area contributed by atoms with E-state index in [1.54, 1.807) is 54.2 Å². The Morgan fingerprint density at radius 1 is 0.958 bits per heavy atom. The second-order valence-corrected chi connectivity index (χ2v) is 5.75. The zero-order valence-corrected chi connectivity index (χ0v) is 13.8. The Morgan fingerprint density at radius 2 is 1.50 bits per heavy atom. The lowest BCUT2D eigenvalue weighted by molar-refractivity contribution is -0.385. The van der Waals surface area contributed by atoms with Gasteiger partial charge in [-0.25, -0.2) is 0 Å². The van der Waals surface area contributed by atoms with Crippen LogP contribution in [0, 0.1) is 10.1 Å². The zero-order chi connectivity index (χ0) is 17.8. The molecule has 2 aromatic rings. The van der Waals surface area contributed by atoms with Crippen LogP contribution in [0.15, 0.2) is 54.6 Å². The molecule has 24 heavy (non-hydrogen) atoms. The molecule has 6 nitrogen and oxygen atoms in total. The number of hydrogen-bond donors (Lipinski definition) is 2. The van der Waals surface area contributed by atoms with Gasteiger partial charge in [0.05, 0.1) is 18.1 Å². The number of nitro groups is 1. The fourth-order valence-corrected chi connectivity index (χ4v) is 2.26. The van der Waals surface area contributed by atoms with Crippen LogP contribution in [0.25, 0.3) is 0 Å². The molecule has 0 bridgehead atoms. The molecule has 2 rings (SSSR count). The Morgan fingerprint density at radius 3 is 2.04 bits per heavy atom. The first-order valence-electron chi connectivity index (χ1n) is 7.24. The van der Waals surface area contributed by atoms with E-state index in [0.29, 0.717) is 5.56 Å². The van der Waals surface area contributed by atoms with Gasteiger partial charge >= 0.3 is 0 Å². The maximum atomic E-state index is 12.1. The molecule has 2 N–H and O–H groups in total. The summed E-state index contributed by atoms with van der Waals surface area (Å²) in [5.74, 6) is 1.14. The lowest BCUT2D eigenvalue weighted by Crippen LogP contribution is -2.04. The summed E-state index contributed by atoms with van der Waals surface area (Å²) < 4.78 is 0. The van der Waals surface area contributed by atoms with Crippen molar-refractivity contribution < 1.29 is 19.9 Å². The molecule has 0 saturated heterocycles. The van der Waals surface area contributed by atoms with E-state index in [4.69, 9.17) is 10.2 Å². The van der Waals surface area contributed by atoms with Crippen LogP contribution >= 0.6 is 11.8 Å². The average Bonchev–Trinajstić information content (AvgIpc) is 2.63. The number of carbonyl (C=O) groups is 1. The van der Waals surface area contributed by atoms with E-state index in [1.165, 1.54) is 12.1 Å². The summed E-state index contributed by atoms with van der Waals surface area (Å²) in [6, 6.07) is 14.5. The van der Waals surface area contributed by atoms with Gasteiger partial charge in [-0.2, -0.15) is 11.8 Å². The van der Waals surface area contributed by atoms with Gasteiger partial charge in [0.1, 0.15) is 5.56 Å². The standard InChI is InChI=1S/C13H9NO3.C4H10O2S/c15-13(10-6-2-1-3-7-10)11-8-4-5-9-12(11)14(16)17;5-1-3-7-4-2-6/h1-9H;5-6H,1-4H2. The number of thioether (sulfide) groups is 1. The third-order valence-electron chi connectivity index (χ3n) is 2.85. The monoisotopic (exact) mass is 349 g/mol. The highest BCUT2D eigenvalue weighted by Gasteiger charge is 2.19. The Balaban J connectivity index is 0.000000351. The van der Waals surface area contributed by atoms with Crippen LogP contribution in [0.3, 0.4) is 0 Å². The van der Waals surface area contributed by atoms with E-state index in [-0.39, 0.29) is 30.2 Å². The van der Waals surface area contributed by atoms with Gasteiger partial charge in [0.25, 0.3) is 5.69 Å². The summed E-state index contributed by atoms with van der Waals surface area (Å²) in [5, 5.41) is 27.2. The number of aliphatic hydroxyl groups excluding tert-OH is 2. The second kappa shape index (κ2) is 11.3. The van der Waals surface area contributed by atoms with Gasteiger partial charge in [-0.05, 0) is 6.07 Å². The Labute approximate surface area is 144 Å². The fourth-order valence-electron chi connectivity index (χ4n) is 1.80. The van der Waals surface area contributed by atoms with E-state index in [1.807, 2.05) is 0 Å². The van der Waals surface area contributed by atoms with Crippen molar-refractivity contribution in [1.29, 1.82) is 0 Å². The molecule has 0 aliphatic carbocycles. The van der Waals surface area contributed by atoms with Crippen molar-refractivity contribution in [3.63, 3.8) is 0 Å². The van der Waals surface area contributed by atoms with Crippen molar-refractivity contribution in [2.75, 3.05) is 24.7 Å². The van der Waals surface area contributed by atoms with Crippen molar-refractivity contribution in [3.05, 3.63) is 75.8 Å². The van der Waals surface area contributed by atoms with Crippen molar-refractivity contribution in [2.45, 2.75) is 0 Å². The highest BCUT2D eigenvalue weighted by molar-refractivity contribution is 7.99. The first-order chi connectivity index (χ1) is 11.6. The summed E-state index contributed by atoms with van der Waals surface area (Å²) in [7, 11) is 0. The molecular weight excluding hydrogens is 330 g/mol. The van der Waals surface area contributed by atoms with Crippen LogP contribution in [0.2, 0.25) is 0 Å². The normalized spacial score (nSPS) is 9.75. The first kappa shape index (κ1) is 19.8. The molecule has 0 aliphatic heterocycles. The third kappa shape index (κ3) is 6.49. The second-order valence-electron chi connectivity index (χ2n) is 4.53. The van der Waals surface area contributed by atoms with Crippen molar-refractivity contribution in [2.24, 2.45) is 0 Å². The van der Waals surface area contributed by atoms with E-state index in [0.717, 1.165) is 11.5 Å². The molecule has 0 aliphatic rings. The lowest BCUT2D eigenvalue weighted by atomic mass is 10.0. The maximum Gasteiger partial charge on any atom is 0.280 e. The number of ketones is 1. The Bertz CT molecular complexity index is 644. The third-order valence-corrected chi connectivity index (χ3v) is 3.80. The fraction of sp³-hybridized carbons (Fsp3) is 0.235. The topological polar surface area (TPSA) is 101 Å². The van der Waals surface area contributed by atoms with E-state index in [2.05, 4.69) is 0 Å². The minimum Gasteiger partial charge on any atom is -0.396 e. The van der Waals surface area contributed by atoms with Gasteiger partial charge in [0, 0.05) is 23.1 Å². The van der Waals surface area contributed by atoms with Gasteiger partial charge in [-0.3, -0.25) is 14.9 Å². The number of rotatable bonds is 7. The van der Waals surface area contributed by atoms with Gasteiger partial charge in [-0.15, -0.1) is 0 Å². The minimum atomic E-state index is -0.545. The van der Waals surface area contributed by atoms with Crippen LogP contribution in [-0.4, -0.2) is 45.6 Å². The molecule has 0 spiro atoms. The lowest BCUT2D eigenvalue weighted by Gasteiger charge is -2.01. The molecule has 0 unspecified atom stereocenters. The highest BCUT2D eigenvalue weighted by Crippen LogP contribution is 2.20. The Kier molecular flexibility index (Phi) is 9.36. The molecule has 0 aromatic heterocycles. The summed E-state index contributed by atoms with van der Waals surface area (Å²) in [6.45, 7) is 0.426. The molecule has 128 valence electrons. The molecule has 7 heteroatoms. The summed E-state index contributed by atoms with van der Waals surface area (Å²) >= 11 is 1.55. The van der Waals surface area contributed by atoms with Crippen molar-refractivity contribution >= 4 is 23.2 Å². The molecule has 2 aromatic carbocycles. The minimum absolute atomic E-state index is 0.115. The van der Waals surface area contributed by atoms with Crippen LogP contribution in [-0.2, 0) is 0 Å². The number of benzene rings is 2. The smallest absolute Gasteiger partial charge is 0.280 e. The molecule has 0 saturated carbocycles. The molecule has 0 atom stereocenters. The number of aliphatic hydroxyl groups is 2. The van der Waals surface area contributed by atoms with Gasteiger partial charge < -0.3 is 10.2 Å². The van der Waals surface area contributed by atoms with Gasteiger partial charge in [0.15, 0.2) is 5.78 Å². The van der Waals surface area contributed by atoms with Crippen LogP contribution in [0.1, 0.15) is 15.9 Å². The summed E-state index contributed by atoms with van der Waals surface area (Å²) in [6.07, 6.45) is 0. The zero-order valence-electron chi connectivity index (χ0n) is 13.0. The number of nitro benzene ring substituents is 1. The summed E-state index contributed by atoms with van der Waals surface area (Å²) in [5.41, 5.74) is 0.395. The number of hydrogen-bond acceptors (Lipinski definition) is 6. The van der Waals surface area contributed by atoms with Gasteiger partial charge in [-0.1, -0.05) is 42.5 Å². The Hall–Kier alpha value is -2.22. The van der Waals surface area contributed by atoms with Gasteiger partial charge in [0.2, 0.25) is 0 Å². The molecule has 0 heterocycles. The molecular formula is C17H19NO5S. The largest absolute Gasteiger partial charge is 0.396 e. The van der Waals surface area contributed by atoms with E-state index in [9.17, 15) is 14.9 Å². The van der Waals surface area contributed by atoms with Crippen molar-refractivity contribution in [1.82, 2.24) is 0 Å². The van der Waals surface area contributed by atoms with E-state index >= 15 is 0 Å².